The maximum Gasteiger partial charge on any atom is 0.410 e. The van der Waals surface area contributed by atoms with E-state index in [0.29, 0.717) is 18.8 Å². The zero-order chi connectivity index (χ0) is 19.7. The zero-order valence-corrected chi connectivity index (χ0v) is 16.8. The summed E-state index contributed by atoms with van der Waals surface area (Å²) in [5.41, 5.74) is 3.60. The van der Waals surface area contributed by atoms with Crippen molar-refractivity contribution in [2.75, 3.05) is 13.7 Å². The van der Waals surface area contributed by atoms with Crippen molar-refractivity contribution in [1.82, 2.24) is 20.2 Å². The molecule has 0 aliphatic carbocycles. The molecule has 2 heterocycles. The Bertz CT molecular complexity index is 1020. The van der Waals surface area contributed by atoms with Gasteiger partial charge in [0.25, 0.3) is 0 Å². The number of para-hydroxylation sites is 2. The summed E-state index contributed by atoms with van der Waals surface area (Å²) in [6.45, 7) is 0.659. The van der Waals surface area contributed by atoms with Crippen molar-refractivity contribution in [2.45, 2.75) is 19.0 Å². The molecule has 1 aliphatic rings. The maximum atomic E-state index is 13.1. The lowest BCUT2D eigenvalue weighted by Gasteiger charge is -2.35. The molecule has 0 spiro atoms. The van der Waals surface area contributed by atoms with Crippen LogP contribution in [0.1, 0.15) is 23.0 Å². The first-order chi connectivity index (χ1) is 13.6. The van der Waals surface area contributed by atoms with Gasteiger partial charge in [0.05, 0.1) is 24.7 Å². The number of nitrogens with one attached hydrogen (secondary N) is 2. The van der Waals surface area contributed by atoms with Crippen LogP contribution in [0.4, 0.5) is 4.79 Å². The standard InChI is InChI=1S/C20H19BrN4O3/c1-28-20(27)25-9-8-12-6-7-13(21)10-14(12)18(25)19(26)22-11-17-23-15-4-2-3-5-16(15)24-17/h2-7,10,18H,8-9,11H2,1H3,(H,22,26)(H,23,24)/t18-/m1/s1. The molecule has 3 aromatic rings. The summed E-state index contributed by atoms with van der Waals surface area (Å²) < 4.78 is 5.75. The molecule has 1 aromatic heterocycles. The number of hydrogen-bond donors (Lipinski definition) is 2. The van der Waals surface area contributed by atoms with E-state index in [4.69, 9.17) is 4.74 Å². The van der Waals surface area contributed by atoms with Gasteiger partial charge < -0.3 is 15.0 Å². The molecule has 0 radical (unpaired) electrons. The summed E-state index contributed by atoms with van der Waals surface area (Å²) in [5.74, 6) is 0.384. The average Bonchev–Trinajstić information content (AvgIpc) is 3.13. The number of methoxy groups -OCH3 is 1. The van der Waals surface area contributed by atoms with Crippen LogP contribution in [-0.4, -0.2) is 40.5 Å². The topological polar surface area (TPSA) is 87.3 Å². The Kier molecular flexibility index (Phi) is 5.04. The molecule has 0 saturated carbocycles. The molecule has 0 saturated heterocycles. The minimum atomic E-state index is -0.752. The van der Waals surface area contributed by atoms with Gasteiger partial charge in [0.15, 0.2) is 0 Å². The first-order valence-electron chi connectivity index (χ1n) is 8.91. The third kappa shape index (κ3) is 3.47. The molecule has 1 aliphatic heterocycles. The van der Waals surface area contributed by atoms with Crippen LogP contribution in [-0.2, 0) is 22.5 Å². The summed E-state index contributed by atoms with van der Waals surface area (Å²) in [4.78, 5) is 34.5. The van der Waals surface area contributed by atoms with E-state index >= 15 is 0 Å². The number of carbonyl (C=O) groups excluding carboxylic acids is 2. The van der Waals surface area contributed by atoms with E-state index in [1.165, 1.54) is 12.0 Å². The minimum Gasteiger partial charge on any atom is -0.453 e. The number of H-pyrrole nitrogens is 1. The highest BCUT2D eigenvalue weighted by molar-refractivity contribution is 9.10. The number of nitrogens with zero attached hydrogens (tertiary/aromatic N) is 2. The Labute approximate surface area is 170 Å². The van der Waals surface area contributed by atoms with Gasteiger partial charge in [-0.1, -0.05) is 34.1 Å². The first kappa shape index (κ1) is 18.5. The number of aromatic nitrogens is 2. The predicted octanol–water partition coefficient (Wildman–Crippen LogP) is 3.31. The van der Waals surface area contributed by atoms with Crippen LogP contribution in [0.3, 0.4) is 0 Å². The smallest absolute Gasteiger partial charge is 0.410 e. The van der Waals surface area contributed by atoms with Crippen molar-refractivity contribution in [3.05, 3.63) is 63.9 Å². The summed E-state index contributed by atoms with van der Waals surface area (Å²) >= 11 is 3.45. The van der Waals surface area contributed by atoms with Crippen molar-refractivity contribution in [3.63, 3.8) is 0 Å². The highest BCUT2D eigenvalue weighted by Crippen LogP contribution is 2.32. The van der Waals surface area contributed by atoms with Crippen molar-refractivity contribution in [2.24, 2.45) is 0 Å². The van der Waals surface area contributed by atoms with Gasteiger partial charge in [0.2, 0.25) is 5.91 Å². The zero-order valence-electron chi connectivity index (χ0n) is 15.2. The number of halogens is 1. The Hall–Kier alpha value is -2.87. The second-order valence-electron chi connectivity index (χ2n) is 6.58. The third-order valence-corrected chi connectivity index (χ3v) is 5.36. The summed E-state index contributed by atoms with van der Waals surface area (Å²) in [6.07, 6.45) is 0.153. The summed E-state index contributed by atoms with van der Waals surface area (Å²) in [7, 11) is 1.32. The molecular weight excluding hydrogens is 424 g/mol. The highest BCUT2D eigenvalue weighted by Gasteiger charge is 2.36. The number of fused-ring (bicyclic) bond motifs is 2. The normalized spacial score (nSPS) is 15.9. The molecule has 1 atom stereocenters. The van der Waals surface area contributed by atoms with Crippen LogP contribution >= 0.6 is 15.9 Å². The quantitative estimate of drug-likeness (QED) is 0.651. The van der Waals surface area contributed by atoms with Crippen LogP contribution in [0.2, 0.25) is 0 Å². The number of ether oxygens (including phenoxy) is 1. The minimum absolute atomic E-state index is 0.238. The van der Waals surface area contributed by atoms with Crippen LogP contribution in [0.25, 0.3) is 11.0 Å². The number of aromatic amines is 1. The van der Waals surface area contributed by atoms with E-state index in [2.05, 4.69) is 31.2 Å². The van der Waals surface area contributed by atoms with E-state index < -0.39 is 12.1 Å². The fourth-order valence-corrected chi connectivity index (χ4v) is 3.92. The fourth-order valence-electron chi connectivity index (χ4n) is 3.54. The molecule has 0 bridgehead atoms. The Morgan fingerprint density at radius 1 is 1.32 bits per heavy atom. The Morgan fingerprint density at radius 2 is 2.14 bits per heavy atom. The number of carbonyl (C=O) groups is 2. The molecule has 7 nitrogen and oxygen atoms in total. The summed E-state index contributed by atoms with van der Waals surface area (Å²) in [5, 5.41) is 2.90. The molecule has 0 unspecified atom stereocenters. The lowest BCUT2D eigenvalue weighted by molar-refractivity contribution is -0.126. The highest BCUT2D eigenvalue weighted by atomic mass is 79.9. The first-order valence-corrected chi connectivity index (χ1v) is 9.70. The molecule has 2 aromatic carbocycles. The van der Waals surface area contributed by atoms with E-state index in [1.54, 1.807) is 0 Å². The Morgan fingerprint density at radius 3 is 2.93 bits per heavy atom. The molecule has 4 rings (SSSR count). The Balaban J connectivity index is 1.59. The molecule has 2 N–H and O–H groups in total. The molecule has 144 valence electrons. The van der Waals surface area contributed by atoms with Crippen molar-refractivity contribution >= 4 is 39.0 Å². The number of benzene rings is 2. The lowest BCUT2D eigenvalue weighted by Crippen LogP contribution is -2.47. The number of imidazole rings is 1. The van der Waals surface area contributed by atoms with Gasteiger partial charge in [-0.05, 0) is 41.8 Å². The average molecular weight is 443 g/mol. The fraction of sp³-hybridized carbons (Fsp3) is 0.250. The van der Waals surface area contributed by atoms with Crippen LogP contribution in [0.5, 0.6) is 0 Å². The predicted molar refractivity (Wildman–Crippen MR) is 108 cm³/mol. The van der Waals surface area contributed by atoms with Crippen LogP contribution in [0, 0.1) is 0 Å². The largest absolute Gasteiger partial charge is 0.453 e. The molecular formula is C20H19BrN4O3. The second-order valence-corrected chi connectivity index (χ2v) is 7.49. The number of rotatable bonds is 3. The van der Waals surface area contributed by atoms with Gasteiger partial charge in [-0.25, -0.2) is 9.78 Å². The monoisotopic (exact) mass is 442 g/mol. The molecule has 0 fully saturated rings. The van der Waals surface area contributed by atoms with Gasteiger partial charge in [0, 0.05) is 11.0 Å². The molecule has 8 heteroatoms. The third-order valence-electron chi connectivity index (χ3n) is 4.86. The molecule has 28 heavy (non-hydrogen) atoms. The van der Waals surface area contributed by atoms with Gasteiger partial charge in [-0.15, -0.1) is 0 Å². The van der Waals surface area contributed by atoms with Gasteiger partial charge in [-0.3, -0.25) is 9.69 Å². The van der Waals surface area contributed by atoms with Gasteiger partial charge in [-0.2, -0.15) is 0 Å². The van der Waals surface area contributed by atoms with Crippen molar-refractivity contribution in [1.29, 1.82) is 0 Å². The van der Waals surface area contributed by atoms with Crippen molar-refractivity contribution < 1.29 is 14.3 Å². The van der Waals surface area contributed by atoms with Crippen molar-refractivity contribution in [3.8, 4) is 0 Å². The lowest BCUT2D eigenvalue weighted by atomic mass is 9.92. The second kappa shape index (κ2) is 7.63. The van der Waals surface area contributed by atoms with E-state index in [1.807, 2.05) is 42.5 Å². The number of amides is 2. The SMILES string of the molecule is COC(=O)N1CCc2ccc(Br)cc2[C@@H]1C(=O)NCc1nc2ccccc2[nH]1. The number of hydrogen-bond acceptors (Lipinski definition) is 4. The maximum absolute atomic E-state index is 13.1. The van der Waals surface area contributed by atoms with E-state index in [9.17, 15) is 9.59 Å². The van der Waals surface area contributed by atoms with E-state index in [0.717, 1.165) is 26.6 Å². The summed E-state index contributed by atoms with van der Waals surface area (Å²) in [6, 6.07) is 12.7. The van der Waals surface area contributed by atoms with Crippen LogP contribution < -0.4 is 5.32 Å². The van der Waals surface area contributed by atoms with E-state index in [-0.39, 0.29) is 12.5 Å². The van der Waals surface area contributed by atoms with Crippen LogP contribution in [0.15, 0.2) is 46.9 Å². The van der Waals surface area contributed by atoms with Gasteiger partial charge >= 0.3 is 6.09 Å². The van der Waals surface area contributed by atoms with Gasteiger partial charge in [0.1, 0.15) is 11.9 Å². The molecule has 2 amide bonds.